The van der Waals surface area contributed by atoms with Gasteiger partial charge in [-0.05, 0) is 115 Å². The lowest BCUT2D eigenvalue weighted by Crippen LogP contribution is -1.89. The number of aromatic nitrogens is 4. The third kappa shape index (κ3) is 5.78. The Kier molecular flexibility index (Phi) is 8.00. The molecule has 0 amide bonds. The summed E-state index contributed by atoms with van der Waals surface area (Å²) in [6, 6.07) is 36.7. The molecule has 7 aromatic rings. The van der Waals surface area contributed by atoms with Gasteiger partial charge in [0.05, 0.1) is 22.8 Å². The van der Waals surface area contributed by atoms with E-state index in [0.717, 1.165) is 91.5 Å². The van der Waals surface area contributed by atoms with E-state index in [1.807, 2.05) is 98.0 Å². The van der Waals surface area contributed by atoms with Gasteiger partial charge < -0.3 is 20.2 Å². The standard InChI is InChI=1S/C47H38N4O2/c1-3-4-11-29-26-34-38-18-22-42(50-38)44(30-12-7-5-8-13-30)40-20-16-36(48-40)32-24-28(2)25-33(46(32)52)37-17-21-41(49-37)45(31-14-9-6-10-15-31)43-23-19-39(51-43)35(27-29)47(34)53/h5-10,12-27,48,51-53H,3-4,11H2,1-2H3. The highest BCUT2D eigenvalue weighted by Gasteiger charge is 2.17. The van der Waals surface area contributed by atoms with Crippen molar-refractivity contribution in [2.75, 3.05) is 0 Å². The van der Waals surface area contributed by atoms with E-state index in [1.54, 1.807) is 0 Å². The van der Waals surface area contributed by atoms with Crippen LogP contribution in [0.5, 0.6) is 11.5 Å². The van der Waals surface area contributed by atoms with Gasteiger partial charge in [0.1, 0.15) is 11.5 Å². The molecule has 0 saturated carbocycles. The van der Waals surface area contributed by atoms with Crippen LogP contribution >= 0.6 is 0 Å². The molecule has 0 atom stereocenters. The molecule has 6 nitrogen and oxygen atoms in total. The normalized spacial score (nSPS) is 12.2. The summed E-state index contributed by atoms with van der Waals surface area (Å²) in [7, 11) is 0. The number of phenolic OH excluding ortho intramolecular Hbond substituents is 2. The zero-order valence-electron chi connectivity index (χ0n) is 29.6. The molecule has 0 fully saturated rings. The molecule has 4 N–H and O–H groups in total. The number of aromatic hydroxyl groups is 2. The van der Waals surface area contributed by atoms with Crippen molar-refractivity contribution in [2.24, 2.45) is 0 Å². The third-order valence-electron chi connectivity index (χ3n) is 10.2. The van der Waals surface area contributed by atoms with E-state index >= 15 is 0 Å². The topological polar surface area (TPSA) is 97.8 Å². The van der Waals surface area contributed by atoms with Crippen molar-refractivity contribution in [3.8, 4) is 33.8 Å². The summed E-state index contributed by atoms with van der Waals surface area (Å²) in [5, 5.41) is 26.7. The number of phenols is 2. The van der Waals surface area contributed by atoms with Gasteiger partial charge in [0.25, 0.3) is 0 Å². The van der Waals surface area contributed by atoms with Crippen molar-refractivity contribution in [1.82, 2.24) is 19.9 Å². The molecule has 0 aliphatic carbocycles. The average molecular weight is 691 g/mol. The second kappa shape index (κ2) is 13.1. The smallest absolute Gasteiger partial charge is 0.134 e. The predicted molar refractivity (Wildman–Crippen MR) is 220 cm³/mol. The average Bonchev–Trinajstić information content (AvgIpc) is 4.02. The Hall–Kier alpha value is -6.66. The Morgan fingerprint density at radius 3 is 1.47 bits per heavy atom. The van der Waals surface area contributed by atoms with Gasteiger partial charge in [-0.25, -0.2) is 9.97 Å². The maximum Gasteiger partial charge on any atom is 0.134 e. The van der Waals surface area contributed by atoms with E-state index < -0.39 is 0 Å². The fourth-order valence-corrected chi connectivity index (χ4v) is 7.59. The largest absolute Gasteiger partial charge is 0.507 e. The van der Waals surface area contributed by atoms with Crippen LogP contribution in [-0.2, 0) is 6.42 Å². The SMILES string of the molecule is CCCCc1cc2c3nc(c(-c4ccccc4)c4ccc([nH]4)c4cc(C)cc(c5nc(c(-c6ccccc6)c6ccc([nH]6)c(c1)c2O)C=C5)c4O)C=C3. The van der Waals surface area contributed by atoms with Gasteiger partial charge in [-0.2, -0.15) is 0 Å². The number of nitrogens with zero attached hydrogens (tertiary/aromatic N) is 2. The monoisotopic (exact) mass is 690 g/mol. The van der Waals surface area contributed by atoms with Gasteiger partial charge in [-0.15, -0.1) is 0 Å². The molecular weight excluding hydrogens is 653 g/mol. The van der Waals surface area contributed by atoms with Crippen LogP contribution in [-0.4, -0.2) is 30.1 Å². The molecule has 5 heterocycles. The van der Waals surface area contributed by atoms with E-state index in [1.165, 1.54) is 0 Å². The molecule has 3 aromatic heterocycles. The number of fused-ring (bicyclic) bond motifs is 16. The molecule has 4 aromatic carbocycles. The summed E-state index contributed by atoms with van der Waals surface area (Å²) in [5.41, 5.74) is 12.2. The van der Waals surface area contributed by atoms with Gasteiger partial charge >= 0.3 is 0 Å². The van der Waals surface area contributed by atoms with Crippen LogP contribution in [0, 0.1) is 6.92 Å². The van der Waals surface area contributed by atoms with E-state index in [0.29, 0.717) is 27.5 Å². The van der Waals surface area contributed by atoms with Gasteiger partial charge in [0.2, 0.25) is 0 Å². The fourth-order valence-electron chi connectivity index (χ4n) is 7.59. The summed E-state index contributed by atoms with van der Waals surface area (Å²) in [4.78, 5) is 17.6. The Morgan fingerprint density at radius 1 is 0.509 bits per heavy atom. The lowest BCUT2D eigenvalue weighted by atomic mass is 10.0. The number of H-pyrrole nitrogens is 2. The van der Waals surface area contributed by atoms with E-state index in [9.17, 15) is 10.2 Å². The molecule has 9 rings (SSSR count). The Bertz CT molecular complexity index is 2810. The molecule has 53 heavy (non-hydrogen) atoms. The van der Waals surface area contributed by atoms with E-state index in [2.05, 4.69) is 59.4 Å². The molecule has 0 unspecified atom stereocenters. The molecule has 0 spiro atoms. The number of unbranched alkanes of at least 4 members (excludes halogenated alkanes) is 1. The van der Waals surface area contributed by atoms with Crippen molar-refractivity contribution in [1.29, 1.82) is 0 Å². The van der Waals surface area contributed by atoms with Crippen LogP contribution in [0.1, 0.15) is 53.7 Å². The van der Waals surface area contributed by atoms with Crippen LogP contribution in [0.3, 0.4) is 0 Å². The summed E-state index contributed by atoms with van der Waals surface area (Å²) in [6.45, 7) is 4.23. The zero-order valence-corrected chi connectivity index (χ0v) is 29.6. The van der Waals surface area contributed by atoms with Crippen LogP contribution in [0.2, 0.25) is 0 Å². The molecule has 6 heteroatoms. The molecule has 0 radical (unpaired) electrons. The second-order valence-corrected chi connectivity index (χ2v) is 13.8. The summed E-state index contributed by atoms with van der Waals surface area (Å²) >= 11 is 0. The quantitative estimate of drug-likeness (QED) is 0.144. The van der Waals surface area contributed by atoms with Crippen molar-refractivity contribution >= 4 is 67.9 Å². The highest BCUT2D eigenvalue weighted by atomic mass is 16.3. The first-order valence-corrected chi connectivity index (χ1v) is 18.2. The van der Waals surface area contributed by atoms with Crippen molar-refractivity contribution < 1.29 is 10.2 Å². The molecule has 2 aliphatic rings. The van der Waals surface area contributed by atoms with Crippen LogP contribution in [0.4, 0.5) is 0 Å². The summed E-state index contributed by atoms with van der Waals surface area (Å²) in [5.74, 6) is 0.342. The molecular formula is C47H38N4O2. The van der Waals surface area contributed by atoms with E-state index in [-0.39, 0.29) is 11.5 Å². The lowest BCUT2D eigenvalue weighted by molar-refractivity contribution is 0.486. The number of benzene rings is 4. The maximum absolute atomic E-state index is 12.1. The maximum atomic E-state index is 12.1. The first-order chi connectivity index (χ1) is 25.9. The van der Waals surface area contributed by atoms with Crippen molar-refractivity contribution in [3.63, 3.8) is 0 Å². The van der Waals surface area contributed by atoms with Crippen LogP contribution < -0.4 is 0 Å². The van der Waals surface area contributed by atoms with Gasteiger partial charge in [0, 0.05) is 54.7 Å². The molecule has 258 valence electrons. The van der Waals surface area contributed by atoms with Gasteiger partial charge in [0.15, 0.2) is 0 Å². The van der Waals surface area contributed by atoms with Crippen molar-refractivity contribution in [3.05, 3.63) is 143 Å². The summed E-state index contributed by atoms with van der Waals surface area (Å²) < 4.78 is 0. The highest BCUT2D eigenvalue weighted by molar-refractivity contribution is 6.02. The third-order valence-corrected chi connectivity index (χ3v) is 10.2. The minimum Gasteiger partial charge on any atom is -0.507 e. The Morgan fingerprint density at radius 2 is 0.943 bits per heavy atom. The van der Waals surface area contributed by atoms with Gasteiger partial charge in [-0.3, -0.25) is 0 Å². The Balaban J connectivity index is 1.48. The minimum absolute atomic E-state index is 0.161. The predicted octanol–water partition coefficient (Wildman–Crippen LogP) is 11.9. The van der Waals surface area contributed by atoms with Gasteiger partial charge in [-0.1, -0.05) is 74.0 Å². The number of hydrogen-bond donors (Lipinski definition) is 4. The number of hydrogen-bond acceptors (Lipinski definition) is 4. The van der Waals surface area contributed by atoms with Crippen LogP contribution in [0.25, 0.3) is 90.2 Å². The number of aromatic amines is 2. The Labute approximate surface area is 307 Å². The molecule has 2 aliphatic heterocycles. The first kappa shape index (κ1) is 32.3. The number of aryl methyl sites for hydroxylation is 2. The second-order valence-electron chi connectivity index (χ2n) is 13.8. The number of rotatable bonds is 5. The van der Waals surface area contributed by atoms with Crippen molar-refractivity contribution in [2.45, 2.75) is 33.1 Å². The summed E-state index contributed by atoms with van der Waals surface area (Å²) in [6.07, 6.45) is 11.0. The minimum atomic E-state index is 0.161. The molecule has 12 bridgehead atoms. The first-order valence-electron chi connectivity index (χ1n) is 18.2. The number of nitrogens with one attached hydrogen (secondary N) is 2. The highest BCUT2D eigenvalue weighted by Crippen LogP contribution is 2.39. The fraction of sp³-hybridized carbons (Fsp3) is 0.106. The lowest BCUT2D eigenvalue weighted by Gasteiger charge is -2.07. The zero-order chi connectivity index (χ0) is 36.1. The molecule has 0 saturated heterocycles. The van der Waals surface area contributed by atoms with Crippen LogP contribution in [0.15, 0.2) is 109 Å². The van der Waals surface area contributed by atoms with E-state index in [4.69, 9.17) is 9.97 Å².